The fraction of sp³-hybridized carbons (Fsp3) is 0.158. The van der Waals surface area contributed by atoms with Crippen LogP contribution in [0.1, 0.15) is 16.7 Å². The zero-order chi connectivity index (χ0) is 19.1. The third-order valence-electron chi connectivity index (χ3n) is 3.48. The smallest absolute Gasteiger partial charge is 0.276 e. The highest BCUT2D eigenvalue weighted by atomic mass is 35.5. The molecule has 0 unspecified atom stereocenters. The average molecular weight is 393 g/mol. The van der Waals surface area contributed by atoms with Crippen LogP contribution in [-0.2, 0) is 9.59 Å². The fourth-order valence-corrected chi connectivity index (χ4v) is 2.56. The van der Waals surface area contributed by atoms with E-state index in [1.165, 1.54) is 12.2 Å². The summed E-state index contributed by atoms with van der Waals surface area (Å²) in [6.45, 7) is 3.58. The van der Waals surface area contributed by atoms with Crippen molar-refractivity contribution < 1.29 is 14.3 Å². The van der Waals surface area contributed by atoms with Gasteiger partial charge in [0.25, 0.3) is 11.8 Å². The quantitative estimate of drug-likeness (QED) is 0.599. The van der Waals surface area contributed by atoms with E-state index in [2.05, 4.69) is 10.9 Å². The number of amides is 2. The monoisotopic (exact) mass is 392 g/mol. The predicted octanol–water partition coefficient (Wildman–Crippen LogP) is 3.85. The maximum Gasteiger partial charge on any atom is 0.276 e. The highest BCUT2D eigenvalue weighted by molar-refractivity contribution is 6.42. The molecule has 0 aliphatic carbocycles. The van der Waals surface area contributed by atoms with E-state index >= 15 is 0 Å². The first kappa shape index (κ1) is 19.8. The summed E-state index contributed by atoms with van der Waals surface area (Å²) in [6.07, 6.45) is 2.74. The summed E-state index contributed by atoms with van der Waals surface area (Å²) >= 11 is 11.9. The topological polar surface area (TPSA) is 67.4 Å². The maximum absolute atomic E-state index is 11.8. The second-order valence-corrected chi connectivity index (χ2v) is 6.31. The number of nitrogens with one attached hydrogen (secondary N) is 2. The number of hydrogen-bond acceptors (Lipinski definition) is 3. The van der Waals surface area contributed by atoms with Crippen molar-refractivity contribution in [3.63, 3.8) is 0 Å². The van der Waals surface area contributed by atoms with Crippen LogP contribution in [-0.4, -0.2) is 18.4 Å². The Hall–Kier alpha value is -2.50. The van der Waals surface area contributed by atoms with Crippen molar-refractivity contribution in [1.29, 1.82) is 0 Å². The molecule has 0 radical (unpaired) electrons. The van der Waals surface area contributed by atoms with Crippen molar-refractivity contribution >= 4 is 41.1 Å². The summed E-state index contributed by atoms with van der Waals surface area (Å²) in [5.74, 6) is -0.332. The Morgan fingerprint density at radius 1 is 1.04 bits per heavy atom. The van der Waals surface area contributed by atoms with Crippen molar-refractivity contribution in [2.24, 2.45) is 0 Å². The van der Waals surface area contributed by atoms with Crippen molar-refractivity contribution in [1.82, 2.24) is 10.9 Å². The molecule has 2 aromatic rings. The Morgan fingerprint density at radius 2 is 1.69 bits per heavy atom. The van der Waals surface area contributed by atoms with E-state index in [4.69, 9.17) is 27.9 Å². The molecule has 0 atom stereocenters. The number of hydrogen-bond donors (Lipinski definition) is 2. The molecule has 0 saturated heterocycles. The molecule has 0 aliphatic rings. The molecule has 0 aromatic heterocycles. The van der Waals surface area contributed by atoms with E-state index in [9.17, 15) is 9.59 Å². The van der Waals surface area contributed by atoms with E-state index in [0.29, 0.717) is 21.4 Å². The molecule has 136 valence electrons. The van der Waals surface area contributed by atoms with Gasteiger partial charge in [-0.1, -0.05) is 53.5 Å². The van der Waals surface area contributed by atoms with Crippen LogP contribution in [0.15, 0.2) is 42.5 Å². The number of carbonyl (C=O) groups excluding carboxylic acids is 2. The van der Waals surface area contributed by atoms with Gasteiger partial charge in [-0.25, -0.2) is 0 Å². The van der Waals surface area contributed by atoms with Gasteiger partial charge in [0.05, 0.1) is 10.0 Å². The molecule has 7 heteroatoms. The minimum Gasteiger partial charge on any atom is -0.483 e. The van der Waals surface area contributed by atoms with Crippen LogP contribution in [0.25, 0.3) is 6.08 Å². The summed E-state index contributed by atoms with van der Waals surface area (Å²) in [5, 5.41) is 0.746. The van der Waals surface area contributed by atoms with Crippen molar-refractivity contribution in [3.05, 3.63) is 69.2 Å². The van der Waals surface area contributed by atoms with Gasteiger partial charge in [-0.2, -0.15) is 0 Å². The lowest BCUT2D eigenvalue weighted by atomic mass is 10.1. The minimum atomic E-state index is -0.513. The first-order valence-electron chi connectivity index (χ1n) is 7.78. The summed E-state index contributed by atoms with van der Waals surface area (Å²) in [5.41, 5.74) is 7.01. The molecule has 0 fully saturated rings. The molecule has 5 nitrogen and oxygen atoms in total. The van der Waals surface area contributed by atoms with Gasteiger partial charge in [0.2, 0.25) is 0 Å². The lowest BCUT2D eigenvalue weighted by Crippen LogP contribution is -2.43. The molecule has 0 heterocycles. The number of halogens is 2. The van der Waals surface area contributed by atoms with E-state index in [1.807, 2.05) is 32.0 Å². The molecule has 26 heavy (non-hydrogen) atoms. The molecular weight excluding hydrogens is 375 g/mol. The van der Waals surface area contributed by atoms with E-state index in [1.54, 1.807) is 18.2 Å². The highest BCUT2D eigenvalue weighted by Gasteiger charge is 2.08. The second kappa shape index (κ2) is 9.27. The zero-order valence-electron chi connectivity index (χ0n) is 14.3. The standard InChI is InChI=1S/C19H18Cl2N2O3/c1-12-5-3-6-13(2)19(12)26-11-17(25)23-22-16(24)10-9-14-7-4-8-15(20)18(14)21/h3-10H,11H2,1-2H3,(H,22,24)(H,23,25)/b10-9+. The summed E-state index contributed by atoms with van der Waals surface area (Å²) in [6, 6.07) is 10.8. The Balaban J connectivity index is 1.82. The third-order valence-corrected chi connectivity index (χ3v) is 4.31. The molecule has 0 aliphatic heterocycles. The average Bonchev–Trinajstić information content (AvgIpc) is 2.60. The first-order valence-corrected chi connectivity index (χ1v) is 8.54. The van der Waals surface area contributed by atoms with E-state index < -0.39 is 11.8 Å². The fourth-order valence-electron chi connectivity index (χ4n) is 2.19. The van der Waals surface area contributed by atoms with Crippen LogP contribution in [0.4, 0.5) is 0 Å². The Morgan fingerprint density at radius 3 is 2.38 bits per heavy atom. The lowest BCUT2D eigenvalue weighted by Gasteiger charge is -2.12. The van der Waals surface area contributed by atoms with Gasteiger partial charge in [0, 0.05) is 6.08 Å². The van der Waals surface area contributed by atoms with Crippen LogP contribution < -0.4 is 15.6 Å². The van der Waals surface area contributed by atoms with Gasteiger partial charge in [-0.3, -0.25) is 20.4 Å². The number of benzene rings is 2. The molecule has 2 N–H and O–H groups in total. The summed E-state index contributed by atoms with van der Waals surface area (Å²) in [7, 11) is 0. The number of ether oxygens (including phenoxy) is 1. The van der Waals surface area contributed by atoms with Gasteiger partial charge in [0.1, 0.15) is 5.75 Å². The zero-order valence-corrected chi connectivity index (χ0v) is 15.8. The van der Waals surface area contributed by atoms with Gasteiger partial charge in [-0.05, 0) is 42.7 Å². The maximum atomic E-state index is 11.8. The number of hydrazine groups is 1. The van der Waals surface area contributed by atoms with Gasteiger partial charge in [-0.15, -0.1) is 0 Å². The van der Waals surface area contributed by atoms with Gasteiger partial charge >= 0.3 is 0 Å². The van der Waals surface area contributed by atoms with Crippen molar-refractivity contribution in [3.8, 4) is 5.75 Å². The molecular formula is C19H18Cl2N2O3. The van der Waals surface area contributed by atoms with Crippen LogP contribution >= 0.6 is 23.2 Å². The third kappa shape index (κ3) is 5.51. The number of aryl methyl sites for hydroxylation is 2. The van der Waals surface area contributed by atoms with Crippen molar-refractivity contribution in [2.75, 3.05) is 6.61 Å². The molecule has 0 bridgehead atoms. The van der Waals surface area contributed by atoms with Crippen LogP contribution in [0.3, 0.4) is 0 Å². The number of rotatable bonds is 5. The van der Waals surface area contributed by atoms with Crippen molar-refractivity contribution in [2.45, 2.75) is 13.8 Å². The summed E-state index contributed by atoms with van der Waals surface area (Å²) in [4.78, 5) is 23.6. The molecule has 2 rings (SSSR count). The molecule has 2 aromatic carbocycles. The minimum absolute atomic E-state index is 0.212. The summed E-state index contributed by atoms with van der Waals surface area (Å²) < 4.78 is 5.51. The predicted molar refractivity (Wildman–Crippen MR) is 103 cm³/mol. The first-order chi connectivity index (χ1) is 12.4. The normalized spacial score (nSPS) is 10.6. The SMILES string of the molecule is Cc1cccc(C)c1OCC(=O)NNC(=O)/C=C/c1cccc(Cl)c1Cl. The highest BCUT2D eigenvalue weighted by Crippen LogP contribution is 2.26. The second-order valence-electron chi connectivity index (χ2n) is 5.52. The molecule has 0 saturated carbocycles. The van der Waals surface area contributed by atoms with E-state index in [0.717, 1.165) is 11.1 Å². The lowest BCUT2D eigenvalue weighted by molar-refractivity contribution is -0.128. The van der Waals surface area contributed by atoms with Gasteiger partial charge < -0.3 is 4.74 Å². The van der Waals surface area contributed by atoms with Crippen LogP contribution in [0.5, 0.6) is 5.75 Å². The Bertz CT molecular complexity index is 830. The van der Waals surface area contributed by atoms with Crippen LogP contribution in [0.2, 0.25) is 10.0 Å². The van der Waals surface area contributed by atoms with Gasteiger partial charge in [0.15, 0.2) is 6.61 Å². The molecule has 0 spiro atoms. The van der Waals surface area contributed by atoms with E-state index in [-0.39, 0.29) is 6.61 Å². The number of carbonyl (C=O) groups is 2. The Kier molecular flexibility index (Phi) is 7.06. The largest absolute Gasteiger partial charge is 0.483 e. The number of para-hydroxylation sites is 1. The van der Waals surface area contributed by atoms with Crippen LogP contribution in [0, 0.1) is 13.8 Å². The Labute approximate surface area is 161 Å². The molecule has 2 amide bonds.